The quantitative estimate of drug-likeness (QED) is 0.412. The SMILES string of the molecule is CO[C@@]1(CN2CCOCC2)/C=C\C[C@H](C)[C@@H](C)S(=O)(=O)NC(=O)c2ccc3c(c2)N(C[C@@H]2CC[C@H]21)C[C@@]1(CCCc2cc(Cl)ccc21)CO3. The molecule has 9 nitrogen and oxygen atoms in total. The van der Waals surface area contributed by atoms with Crippen LogP contribution in [0.25, 0.3) is 0 Å². The van der Waals surface area contributed by atoms with Gasteiger partial charge in [0.1, 0.15) is 11.4 Å². The number of benzene rings is 2. The van der Waals surface area contributed by atoms with Gasteiger partial charge in [-0.05, 0) is 105 Å². The molecule has 3 heterocycles. The summed E-state index contributed by atoms with van der Waals surface area (Å²) in [6.45, 7) is 9.48. The predicted octanol–water partition coefficient (Wildman–Crippen LogP) is 5.60. The lowest BCUT2D eigenvalue weighted by Crippen LogP contribution is -2.58. The molecule has 49 heavy (non-hydrogen) atoms. The molecule has 2 aromatic rings. The van der Waals surface area contributed by atoms with Crippen LogP contribution in [0.15, 0.2) is 48.6 Å². The van der Waals surface area contributed by atoms with Gasteiger partial charge in [0.05, 0.1) is 30.8 Å². The highest BCUT2D eigenvalue weighted by Crippen LogP contribution is 2.49. The number of ether oxygens (including phenoxy) is 3. The van der Waals surface area contributed by atoms with Crippen molar-refractivity contribution in [3.63, 3.8) is 0 Å². The first-order valence-corrected chi connectivity index (χ1v) is 19.8. The maximum absolute atomic E-state index is 13.6. The van der Waals surface area contributed by atoms with Gasteiger partial charge in [0.2, 0.25) is 10.0 Å². The summed E-state index contributed by atoms with van der Waals surface area (Å²) in [7, 11) is -2.12. The molecule has 3 aliphatic heterocycles. The molecule has 6 atom stereocenters. The average molecular weight is 712 g/mol. The fourth-order valence-electron chi connectivity index (χ4n) is 8.92. The van der Waals surface area contributed by atoms with Crippen LogP contribution in [0.3, 0.4) is 0 Å². The zero-order chi connectivity index (χ0) is 34.4. The van der Waals surface area contributed by atoms with E-state index in [1.54, 1.807) is 13.0 Å². The number of aryl methyl sites for hydroxylation is 1. The third kappa shape index (κ3) is 6.76. The van der Waals surface area contributed by atoms with Crippen LogP contribution >= 0.6 is 11.6 Å². The number of amides is 1. The van der Waals surface area contributed by atoms with Crippen molar-refractivity contribution in [2.75, 3.05) is 64.6 Å². The van der Waals surface area contributed by atoms with Crippen molar-refractivity contribution >= 4 is 33.2 Å². The first-order chi connectivity index (χ1) is 23.5. The normalized spacial score (nSPS) is 34.0. The zero-order valence-corrected chi connectivity index (χ0v) is 30.5. The number of nitrogens with one attached hydrogen (secondary N) is 1. The average Bonchev–Trinajstić information content (AvgIpc) is 3.22. The maximum atomic E-state index is 13.6. The number of hydrogen-bond donors (Lipinski definition) is 1. The monoisotopic (exact) mass is 711 g/mol. The minimum atomic E-state index is -3.94. The molecule has 0 unspecified atom stereocenters. The number of methoxy groups -OCH3 is 1. The molecule has 2 bridgehead atoms. The fraction of sp³-hybridized carbons (Fsp3) is 0.605. The van der Waals surface area contributed by atoms with Crippen LogP contribution in [0.4, 0.5) is 5.69 Å². The topological polar surface area (TPSA) is 97.4 Å². The van der Waals surface area contributed by atoms with Crippen LogP contribution in [0.5, 0.6) is 5.75 Å². The molecule has 11 heteroatoms. The lowest BCUT2D eigenvalue weighted by Gasteiger charge is -2.52. The van der Waals surface area contributed by atoms with Crippen molar-refractivity contribution < 1.29 is 27.4 Å². The minimum Gasteiger partial charge on any atom is -0.490 e. The summed E-state index contributed by atoms with van der Waals surface area (Å²) in [6, 6.07) is 11.6. The second kappa shape index (κ2) is 13.8. The summed E-state index contributed by atoms with van der Waals surface area (Å²) in [6.07, 6.45) is 9.99. The molecule has 2 aliphatic carbocycles. The maximum Gasteiger partial charge on any atom is 0.264 e. The Kier molecular flexibility index (Phi) is 9.82. The zero-order valence-electron chi connectivity index (χ0n) is 29.0. The van der Waals surface area contributed by atoms with E-state index < -0.39 is 26.8 Å². The van der Waals surface area contributed by atoms with Gasteiger partial charge in [-0.2, -0.15) is 0 Å². The Hall–Kier alpha value is -2.63. The van der Waals surface area contributed by atoms with E-state index in [1.807, 2.05) is 32.2 Å². The van der Waals surface area contributed by atoms with Gasteiger partial charge >= 0.3 is 0 Å². The van der Waals surface area contributed by atoms with E-state index in [-0.39, 0.29) is 17.3 Å². The lowest BCUT2D eigenvalue weighted by molar-refractivity contribution is -0.101. The van der Waals surface area contributed by atoms with E-state index in [4.69, 9.17) is 25.8 Å². The first kappa shape index (κ1) is 34.8. The van der Waals surface area contributed by atoms with Gasteiger partial charge in [-0.1, -0.05) is 36.7 Å². The molecule has 266 valence electrons. The molecule has 2 aromatic carbocycles. The number of halogens is 1. The summed E-state index contributed by atoms with van der Waals surface area (Å²) in [5.74, 6) is 0.469. The number of nitrogens with zero attached hydrogens (tertiary/aromatic N) is 2. The molecular weight excluding hydrogens is 662 g/mol. The van der Waals surface area contributed by atoms with Crippen LogP contribution in [-0.2, 0) is 31.3 Å². The molecule has 1 amide bonds. The van der Waals surface area contributed by atoms with Crippen LogP contribution in [0.2, 0.25) is 5.02 Å². The van der Waals surface area contributed by atoms with Crippen molar-refractivity contribution in [2.45, 2.75) is 68.6 Å². The van der Waals surface area contributed by atoms with Crippen molar-refractivity contribution in [3.05, 3.63) is 70.3 Å². The number of rotatable bonds is 3. The van der Waals surface area contributed by atoms with Crippen LogP contribution in [0.1, 0.15) is 67.4 Å². The number of fused-ring (bicyclic) bond motifs is 4. The van der Waals surface area contributed by atoms with Crippen molar-refractivity contribution in [1.82, 2.24) is 9.62 Å². The van der Waals surface area contributed by atoms with Crippen molar-refractivity contribution in [3.8, 4) is 5.75 Å². The summed E-state index contributed by atoms with van der Waals surface area (Å²) >= 11 is 6.48. The highest BCUT2D eigenvalue weighted by molar-refractivity contribution is 7.90. The second-order valence-corrected chi connectivity index (χ2v) is 17.5. The smallest absolute Gasteiger partial charge is 0.264 e. The van der Waals surface area contributed by atoms with Gasteiger partial charge in [-0.15, -0.1) is 0 Å². The molecule has 1 saturated heterocycles. The van der Waals surface area contributed by atoms with E-state index in [2.05, 4.69) is 38.8 Å². The first-order valence-electron chi connectivity index (χ1n) is 17.9. The number of carbonyl (C=O) groups is 1. The molecule has 2 fully saturated rings. The molecule has 0 radical (unpaired) electrons. The van der Waals surface area contributed by atoms with Crippen LogP contribution < -0.4 is 14.4 Å². The summed E-state index contributed by atoms with van der Waals surface area (Å²) < 4.78 is 48.3. The molecule has 0 aromatic heterocycles. The van der Waals surface area contributed by atoms with Crippen LogP contribution in [0, 0.1) is 17.8 Å². The van der Waals surface area contributed by atoms with E-state index in [9.17, 15) is 13.2 Å². The third-order valence-electron chi connectivity index (χ3n) is 12.2. The van der Waals surface area contributed by atoms with E-state index in [1.165, 1.54) is 11.1 Å². The van der Waals surface area contributed by atoms with Gasteiger partial charge < -0.3 is 19.1 Å². The minimum absolute atomic E-state index is 0.218. The van der Waals surface area contributed by atoms with Gasteiger partial charge in [-0.25, -0.2) is 13.1 Å². The number of anilines is 1. The van der Waals surface area contributed by atoms with Crippen molar-refractivity contribution in [2.24, 2.45) is 17.8 Å². The fourth-order valence-corrected chi connectivity index (χ4v) is 10.4. The number of carbonyl (C=O) groups excluding carboxylic acids is 1. The standard InChI is InChI=1S/C38H50ClN3O6S/c1-26-6-4-15-38(46-3,24-41-16-18-47-19-17-41)33-11-8-30(33)22-42-23-37(14-5-7-28-20-31(39)10-12-32(28)37)25-48-35-13-9-29(21-34(35)42)36(43)40-49(44,45)27(26)2/h4,9-10,12-13,15,20-21,26-27,30,33H,5-8,11,14,16-19,22-25H2,1-3H3,(H,40,43)/b15-4-/t26-,27+,30-,33+,37-,38+/m0/s1. The number of hydrogen-bond acceptors (Lipinski definition) is 8. The number of allylic oxidation sites excluding steroid dienone is 1. The highest BCUT2D eigenvalue weighted by atomic mass is 35.5. The molecule has 1 saturated carbocycles. The van der Waals surface area contributed by atoms with E-state index >= 15 is 0 Å². The molecular formula is C38H50ClN3O6S. The lowest BCUT2D eigenvalue weighted by atomic mass is 9.63. The Morgan fingerprint density at radius 1 is 1.10 bits per heavy atom. The Labute approximate surface area is 296 Å². The number of sulfonamides is 1. The Morgan fingerprint density at radius 3 is 2.67 bits per heavy atom. The highest BCUT2D eigenvalue weighted by Gasteiger charge is 2.50. The molecule has 1 spiro atoms. The van der Waals surface area contributed by atoms with E-state index in [0.717, 1.165) is 75.5 Å². The molecule has 5 aliphatic rings. The van der Waals surface area contributed by atoms with Gasteiger partial charge in [0, 0.05) is 55.8 Å². The Bertz CT molecular complexity index is 1700. The summed E-state index contributed by atoms with van der Waals surface area (Å²) in [5.41, 5.74) is 2.88. The van der Waals surface area contributed by atoms with Gasteiger partial charge in [0.15, 0.2) is 0 Å². The van der Waals surface area contributed by atoms with Crippen molar-refractivity contribution in [1.29, 1.82) is 0 Å². The second-order valence-electron chi connectivity index (χ2n) is 15.1. The Balaban J connectivity index is 1.32. The Morgan fingerprint density at radius 2 is 1.92 bits per heavy atom. The van der Waals surface area contributed by atoms with Gasteiger partial charge in [-0.3, -0.25) is 9.69 Å². The van der Waals surface area contributed by atoms with E-state index in [0.29, 0.717) is 43.5 Å². The van der Waals surface area contributed by atoms with Gasteiger partial charge in [0.25, 0.3) is 5.91 Å². The number of morpholine rings is 1. The van der Waals surface area contributed by atoms with Crippen LogP contribution in [-0.4, -0.2) is 89.7 Å². The predicted molar refractivity (Wildman–Crippen MR) is 192 cm³/mol. The largest absolute Gasteiger partial charge is 0.490 e. The molecule has 7 rings (SSSR count). The summed E-state index contributed by atoms with van der Waals surface area (Å²) in [4.78, 5) is 18.4. The summed E-state index contributed by atoms with van der Waals surface area (Å²) in [5, 5.41) is -0.0310. The third-order valence-corrected chi connectivity index (χ3v) is 14.3. The molecule has 1 N–H and O–H groups in total.